The van der Waals surface area contributed by atoms with Gasteiger partial charge in [-0.3, -0.25) is 0 Å². The first-order chi connectivity index (χ1) is 16.0. The van der Waals surface area contributed by atoms with Crippen LogP contribution in [0.4, 0.5) is 11.5 Å². The van der Waals surface area contributed by atoms with Gasteiger partial charge in [0, 0.05) is 55.5 Å². The molecule has 1 aliphatic carbocycles. The van der Waals surface area contributed by atoms with Crippen LogP contribution in [0.2, 0.25) is 25.7 Å². The quantitative estimate of drug-likeness (QED) is 0.322. The maximum absolute atomic E-state index is 12.7. The number of hydrogen-bond donors (Lipinski definition) is 0. The average Bonchev–Trinajstić information content (AvgIpc) is 3.49. The van der Waals surface area contributed by atoms with E-state index in [-0.39, 0.29) is 6.04 Å². The molecule has 1 atom stereocenters. The number of aromatic nitrogens is 3. The molecule has 2 fully saturated rings. The topological polar surface area (TPSA) is 81.8 Å². The van der Waals surface area contributed by atoms with Crippen LogP contribution in [0.1, 0.15) is 25.5 Å². The van der Waals surface area contributed by atoms with E-state index in [9.17, 15) is 4.21 Å². The van der Waals surface area contributed by atoms with E-state index in [2.05, 4.69) is 47.7 Å². The van der Waals surface area contributed by atoms with Crippen LogP contribution in [0.15, 0.2) is 10.4 Å². The van der Waals surface area contributed by atoms with Crippen LogP contribution in [0.25, 0.3) is 11.0 Å². The summed E-state index contributed by atoms with van der Waals surface area (Å²) in [5.41, 5.74) is 1.93. The normalized spacial score (nSPS) is 19.2. The molecule has 34 heavy (non-hydrogen) atoms. The molecule has 8 nitrogen and oxygen atoms in total. The third kappa shape index (κ3) is 6.59. The molecule has 0 N–H and O–H groups in total. The van der Waals surface area contributed by atoms with Crippen molar-refractivity contribution in [1.82, 2.24) is 14.8 Å². The molecule has 3 heterocycles. The van der Waals surface area contributed by atoms with Crippen molar-refractivity contribution in [3.63, 3.8) is 0 Å². The summed E-state index contributed by atoms with van der Waals surface area (Å²) in [5.74, 6) is 7.80. The van der Waals surface area contributed by atoms with Crippen LogP contribution < -0.4 is 4.90 Å². The largest absolute Gasteiger partial charge is 0.377 e. The van der Waals surface area contributed by atoms with Gasteiger partial charge in [-0.05, 0) is 31.7 Å². The van der Waals surface area contributed by atoms with E-state index >= 15 is 0 Å². The second-order valence-electron chi connectivity index (χ2n) is 10.8. The third-order valence-electron chi connectivity index (χ3n) is 5.83. The Hall–Kier alpha value is -1.93. The van der Waals surface area contributed by atoms with E-state index in [0.29, 0.717) is 49.5 Å². The molecule has 1 saturated heterocycles. The Labute approximate surface area is 204 Å². The van der Waals surface area contributed by atoms with Crippen LogP contribution >= 0.6 is 0 Å². The highest BCUT2D eigenvalue weighted by atomic mass is 32.2. The van der Waals surface area contributed by atoms with E-state index in [0.717, 1.165) is 36.6 Å². The van der Waals surface area contributed by atoms with Crippen molar-refractivity contribution in [2.75, 3.05) is 43.8 Å². The van der Waals surface area contributed by atoms with Gasteiger partial charge in [0.1, 0.15) is 18.2 Å². The zero-order valence-corrected chi connectivity index (χ0v) is 23.1. The minimum absolute atomic E-state index is 0.178. The minimum atomic E-state index is -2.40. The molecule has 0 spiro atoms. The first-order valence-electron chi connectivity index (χ1n) is 12.0. The zero-order chi connectivity index (χ0) is 24.5. The van der Waals surface area contributed by atoms with Gasteiger partial charge in [-0.1, -0.05) is 25.6 Å². The highest BCUT2D eigenvalue weighted by molar-refractivity contribution is 7.92. The lowest BCUT2D eigenvalue weighted by atomic mass is 10.2. The molecular weight excluding hydrogens is 466 g/mol. The molecule has 4 rings (SSSR count). The van der Waals surface area contributed by atoms with Gasteiger partial charge in [-0.15, -0.1) is 0 Å². The van der Waals surface area contributed by atoms with Crippen LogP contribution in [-0.4, -0.2) is 72.0 Å². The summed E-state index contributed by atoms with van der Waals surface area (Å²) in [6.45, 7) is 12.1. The van der Waals surface area contributed by atoms with Gasteiger partial charge < -0.3 is 14.4 Å². The van der Waals surface area contributed by atoms with Gasteiger partial charge >= 0.3 is 0 Å². The smallest absolute Gasteiger partial charge is 0.166 e. The first-order valence-corrected chi connectivity index (χ1v) is 18.1. The predicted molar refractivity (Wildman–Crippen MR) is 141 cm³/mol. The van der Waals surface area contributed by atoms with Crippen molar-refractivity contribution in [2.45, 2.75) is 58.2 Å². The average molecular weight is 504 g/mol. The van der Waals surface area contributed by atoms with Gasteiger partial charge in [0.2, 0.25) is 0 Å². The number of rotatable bonds is 7. The Morgan fingerprint density at radius 1 is 1.32 bits per heavy atom. The van der Waals surface area contributed by atoms with Crippen molar-refractivity contribution in [3.05, 3.63) is 11.8 Å². The molecular formula is C24H37N5O3SSi. The SMILES string of the molecule is C[C@@H]1COCCN1c1cc(N=S(C)(C)=O)c2c(C#CC3CC3)nn(COCC[Si](C)(C)C)c2n1. The number of nitrogens with zero attached hydrogens (tertiary/aromatic N) is 5. The molecule has 1 aliphatic heterocycles. The number of ether oxygens (including phenoxy) is 2. The fourth-order valence-electron chi connectivity index (χ4n) is 3.77. The monoisotopic (exact) mass is 503 g/mol. The summed E-state index contributed by atoms with van der Waals surface area (Å²) < 4.78 is 30.8. The molecule has 186 valence electrons. The summed E-state index contributed by atoms with van der Waals surface area (Å²) >= 11 is 0. The van der Waals surface area contributed by atoms with Crippen molar-refractivity contribution >= 4 is 40.3 Å². The lowest BCUT2D eigenvalue weighted by Crippen LogP contribution is -2.44. The van der Waals surface area contributed by atoms with Crippen molar-refractivity contribution in [1.29, 1.82) is 0 Å². The molecule has 1 saturated carbocycles. The number of anilines is 1. The number of pyridine rings is 1. The molecule has 0 bridgehead atoms. The molecule has 0 aromatic carbocycles. The van der Waals surface area contributed by atoms with E-state index < -0.39 is 17.8 Å². The lowest BCUT2D eigenvalue weighted by Gasteiger charge is -2.34. The Morgan fingerprint density at radius 2 is 2.09 bits per heavy atom. The maximum Gasteiger partial charge on any atom is 0.166 e. The van der Waals surface area contributed by atoms with E-state index in [4.69, 9.17) is 19.6 Å². The van der Waals surface area contributed by atoms with Gasteiger partial charge in [0.15, 0.2) is 5.65 Å². The lowest BCUT2D eigenvalue weighted by molar-refractivity contribution is 0.0811. The van der Waals surface area contributed by atoms with Gasteiger partial charge in [0.05, 0.1) is 30.3 Å². The second kappa shape index (κ2) is 9.97. The van der Waals surface area contributed by atoms with Crippen molar-refractivity contribution in [2.24, 2.45) is 10.3 Å². The minimum Gasteiger partial charge on any atom is -0.377 e. The van der Waals surface area contributed by atoms with Crippen molar-refractivity contribution in [3.8, 4) is 11.8 Å². The van der Waals surface area contributed by atoms with Gasteiger partial charge in [0.25, 0.3) is 0 Å². The van der Waals surface area contributed by atoms with E-state index in [1.54, 1.807) is 17.2 Å². The second-order valence-corrected chi connectivity index (χ2v) is 19.0. The van der Waals surface area contributed by atoms with Gasteiger partial charge in [-0.2, -0.15) is 9.46 Å². The Balaban J connectivity index is 1.81. The fraction of sp³-hybridized carbons (Fsp3) is 0.667. The Bertz CT molecular complexity index is 1220. The number of fused-ring (bicyclic) bond motifs is 1. The molecule has 2 aromatic heterocycles. The van der Waals surface area contributed by atoms with E-state index in [1.807, 2.05) is 6.07 Å². The maximum atomic E-state index is 12.7. The molecule has 0 radical (unpaired) electrons. The summed E-state index contributed by atoms with van der Waals surface area (Å²) in [6.07, 6.45) is 5.57. The summed E-state index contributed by atoms with van der Waals surface area (Å²) in [7, 11) is -3.60. The summed E-state index contributed by atoms with van der Waals surface area (Å²) in [6, 6.07) is 3.19. The Morgan fingerprint density at radius 3 is 2.74 bits per heavy atom. The van der Waals surface area contributed by atoms with Crippen LogP contribution in [0.3, 0.4) is 0 Å². The first kappa shape index (κ1) is 25.2. The predicted octanol–water partition coefficient (Wildman–Crippen LogP) is 4.09. The molecule has 2 aliphatic rings. The highest BCUT2D eigenvalue weighted by Gasteiger charge is 2.25. The van der Waals surface area contributed by atoms with Crippen molar-refractivity contribution < 1.29 is 13.7 Å². The standard InChI is InChI=1S/C24H37N5O3SSi/c1-18-16-31-12-11-28(18)22-15-21(27-33(2,3)30)23-20(10-9-19-7-8-19)26-29(24(23)25-22)17-32-13-14-34(4,5)6/h15,18-19H,7-8,11-14,16-17H2,1-6H3/t18-/m1/s1. The summed E-state index contributed by atoms with van der Waals surface area (Å²) in [5, 5.41) is 5.54. The van der Waals surface area contributed by atoms with Gasteiger partial charge in [-0.25, -0.2) is 13.9 Å². The molecule has 10 heteroatoms. The zero-order valence-electron chi connectivity index (χ0n) is 21.3. The van der Waals surface area contributed by atoms with Crippen LogP contribution in [0, 0.1) is 17.8 Å². The number of hydrogen-bond acceptors (Lipinski definition) is 7. The molecule has 2 aromatic rings. The highest BCUT2D eigenvalue weighted by Crippen LogP contribution is 2.34. The number of morpholine rings is 1. The molecule has 0 unspecified atom stereocenters. The van der Waals surface area contributed by atoms with Crippen LogP contribution in [-0.2, 0) is 25.9 Å². The summed E-state index contributed by atoms with van der Waals surface area (Å²) in [4.78, 5) is 7.23. The Kier molecular flexibility index (Phi) is 7.38. The van der Waals surface area contributed by atoms with Crippen LogP contribution in [0.5, 0.6) is 0 Å². The molecule has 0 amide bonds. The third-order valence-corrected chi connectivity index (χ3v) is 8.17. The van der Waals surface area contributed by atoms with E-state index in [1.165, 1.54) is 0 Å². The fourth-order valence-corrected chi connectivity index (χ4v) is 5.14.